The van der Waals surface area contributed by atoms with Crippen LogP contribution in [0.3, 0.4) is 0 Å². The number of hydrogen-bond donors (Lipinski definition) is 0. The minimum Gasteiger partial charge on any atom is -0.496 e. The standard InChI is InChI=1S/C15H14ClNO2S/c1-17-15(18)11-7-3-5-9-13(11)20(17,16)14-10-6-4-8-12(14)19-2/h3-10H,1-2H3. The summed E-state index contributed by atoms with van der Waals surface area (Å²) in [7, 11) is 8.24. The van der Waals surface area contributed by atoms with Gasteiger partial charge in [0.2, 0.25) is 0 Å². The molecule has 5 heteroatoms. The van der Waals surface area contributed by atoms with Crippen molar-refractivity contribution in [2.75, 3.05) is 14.2 Å². The fourth-order valence-corrected chi connectivity index (χ4v) is 5.93. The van der Waals surface area contributed by atoms with Gasteiger partial charge in [0, 0.05) is 11.9 Å². The molecule has 0 bridgehead atoms. The average molecular weight is 308 g/mol. The number of carbonyl (C=O) groups excluding carboxylic acids is 1. The molecule has 20 heavy (non-hydrogen) atoms. The van der Waals surface area contributed by atoms with Crippen LogP contribution in [-0.4, -0.2) is 24.4 Å². The molecule has 0 saturated carbocycles. The predicted molar refractivity (Wildman–Crippen MR) is 81.5 cm³/mol. The highest BCUT2D eigenvalue weighted by molar-refractivity contribution is 8.50. The summed E-state index contributed by atoms with van der Waals surface area (Å²) < 4.78 is 7.06. The first-order valence-corrected chi connectivity index (χ1v) is 8.55. The quantitative estimate of drug-likeness (QED) is 0.837. The van der Waals surface area contributed by atoms with E-state index in [0.717, 1.165) is 9.79 Å². The molecule has 1 aliphatic heterocycles. The predicted octanol–water partition coefficient (Wildman–Crippen LogP) is 4.07. The zero-order valence-electron chi connectivity index (χ0n) is 11.2. The molecule has 3 nitrogen and oxygen atoms in total. The molecular formula is C15H14ClNO2S. The Morgan fingerprint density at radius 3 is 2.35 bits per heavy atom. The molecule has 0 spiro atoms. The number of rotatable bonds is 2. The largest absolute Gasteiger partial charge is 0.496 e. The monoisotopic (exact) mass is 307 g/mol. The Morgan fingerprint density at radius 1 is 1.05 bits per heavy atom. The SMILES string of the molecule is COc1ccccc1S1(Cl)c2ccccc2C(=O)N1C. The number of amides is 1. The van der Waals surface area contributed by atoms with Gasteiger partial charge >= 0.3 is 0 Å². The summed E-state index contributed by atoms with van der Waals surface area (Å²) in [5, 5.41) is 0. The Bertz CT molecular complexity index is 691. The molecule has 1 heterocycles. The maximum absolute atomic E-state index is 12.4. The fourth-order valence-electron chi connectivity index (χ4n) is 2.42. The van der Waals surface area contributed by atoms with Gasteiger partial charge in [0.25, 0.3) is 5.91 Å². The highest BCUT2D eigenvalue weighted by Crippen LogP contribution is 2.74. The van der Waals surface area contributed by atoms with E-state index < -0.39 is 9.43 Å². The van der Waals surface area contributed by atoms with E-state index in [1.54, 1.807) is 18.5 Å². The average Bonchev–Trinajstić information content (AvgIpc) is 2.70. The van der Waals surface area contributed by atoms with Crippen LogP contribution in [-0.2, 0) is 0 Å². The zero-order valence-corrected chi connectivity index (χ0v) is 12.7. The second kappa shape index (κ2) is 4.72. The number of hydrogen-bond acceptors (Lipinski definition) is 2. The maximum Gasteiger partial charge on any atom is 0.264 e. The third kappa shape index (κ3) is 1.65. The van der Waals surface area contributed by atoms with Gasteiger partial charge in [-0.1, -0.05) is 24.3 Å². The summed E-state index contributed by atoms with van der Waals surface area (Å²) in [6.45, 7) is 0. The zero-order chi connectivity index (χ0) is 14.3. The van der Waals surface area contributed by atoms with Crippen LogP contribution < -0.4 is 4.74 Å². The number of carbonyl (C=O) groups is 1. The highest BCUT2D eigenvalue weighted by atomic mass is 35.7. The lowest BCUT2D eigenvalue weighted by atomic mass is 10.2. The van der Waals surface area contributed by atoms with E-state index in [1.165, 1.54) is 0 Å². The first kappa shape index (κ1) is 13.3. The van der Waals surface area contributed by atoms with Gasteiger partial charge in [0.1, 0.15) is 5.75 Å². The van der Waals surface area contributed by atoms with Crippen LogP contribution in [0.25, 0.3) is 0 Å². The number of fused-ring (bicyclic) bond motifs is 1. The Morgan fingerprint density at radius 2 is 1.65 bits per heavy atom. The maximum atomic E-state index is 12.4. The molecule has 0 aliphatic carbocycles. The number of nitrogens with zero attached hydrogens (tertiary/aromatic N) is 1. The van der Waals surface area contributed by atoms with Crippen LogP contribution >= 0.6 is 20.1 Å². The molecule has 0 N–H and O–H groups in total. The van der Waals surface area contributed by atoms with Gasteiger partial charge in [0.05, 0.1) is 17.6 Å². The number of para-hydroxylation sites is 1. The van der Waals surface area contributed by atoms with Crippen molar-refractivity contribution < 1.29 is 9.53 Å². The molecule has 2 aromatic rings. The van der Waals surface area contributed by atoms with Crippen molar-refractivity contribution in [3.8, 4) is 5.75 Å². The van der Waals surface area contributed by atoms with Crippen molar-refractivity contribution in [3.63, 3.8) is 0 Å². The Hall–Kier alpha value is -1.65. The molecule has 0 radical (unpaired) electrons. The minimum atomic E-state index is -2.08. The lowest BCUT2D eigenvalue weighted by Crippen LogP contribution is -2.20. The van der Waals surface area contributed by atoms with E-state index in [2.05, 4.69) is 0 Å². The second-order valence-corrected chi connectivity index (χ2v) is 8.24. The van der Waals surface area contributed by atoms with Gasteiger partial charge < -0.3 is 4.74 Å². The van der Waals surface area contributed by atoms with Gasteiger partial charge in [-0.2, -0.15) is 0 Å². The molecule has 1 aliphatic rings. The van der Waals surface area contributed by atoms with Gasteiger partial charge in [0.15, 0.2) is 0 Å². The van der Waals surface area contributed by atoms with Gasteiger partial charge in [-0.05, 0) is 44.4 Å². The van der Waals surface area contributed by atoms with Crippen molar-refractivity contribution in [1.82, 2.24) is 4.31 Å². The second-order valence-electron chi connectivity index (χ2n) is 4.46. The molecule has 1 atom stereocenters. The summed E-state index contributed by atoms with van der Waals surface area (Å²) in [4.78, 5) is 14.1. The van der Waals surface area contributed by atoms with E-state index in [0.29, 0.717) is 11.3 Å². The molecule has 0 aromatic heterocycles. The van der Waals surface area contributed by atoms with Crippen LogP contribution in [0, 0.1) is 0 Å². The number of benzene rings is 2. The number of methoxy groups -OCH3 is 1. The van der Waals surface area contributed by atoms with Crippen molar-refractivity contribution in [3.05, 3.63) is 54.1 Å². The number of halogens is 1. The van der Waals surface area contributed by atoms with E-state index >= 15 is 0 Å². The van der Waals surface area contributed by atoms with E-state index in [4.69, 9.17) is 15.4 Å². The van der Waals surface area contributed by atoms with Crippen molar-refractivity contribution >= 4 is 26.0 Å². The Balaban J connectivity index is 2.29. The molecule has 0 saturated heterocycles. The van der Waals surface area contributed by atoms with E-state index in [1.807, 2.05) is 48.5 Å². The van der Waals surface area contributed by atoms with Crippen LogP contribution in [0.4, 0.5) is 0 Å². The first-order valence-electron chi connectivity index (χ1n) is 6.14. The molecule has 104 valence electrons. The Kier molecular flexibility index (Phi) is 3.15. The van der Waals surface area contributed by atoms with Crippen molar-refractivity contribution in [2.24, 2.45) is 0 Å². The van der Waals surface area contributed by atoms with Crippen LogP contribution in [0.5, 0.6) is 5.75 Å². The third-order valence-electron chi connectivity index (χ3n) is 3.43. The van der Waals surface area contributed by atoms with Crippen LogP contribution in [0.2, 0.25) is 0 Å². The van der Waals surface area contributed by atoms with Crippen molar-refractivity contribution in [1.29, 1.82) is 0 Å². The lowest BCUT2D eigenvalue weighted by molar-refractivity contribution is 0.0896. The van der Waals surface area contributed by atoms with Crippen LogP contribution in [0.1, 0.15) is 10.4 Å². The van der Waals surface area contributed by atoms with Crippen molar-refractivity contribution in [2.45, 2.75) is 9.79 Å². The summed E-state index contributed by atoms with van der Waals surface area (Å²) in [6, 6.07) is 15.1. The molecule has 1 unspecified atom stereocenters. The normalized spacial score (nSPS) is 24.1. The molecular weight excluding hydrogens is 294 g/mol. The topological polar surface area (TPSA) is 29.5 Å². The van der Waals surface area contributed by atoms with E-state index in [-0.39, 0.29) is 5.91 Å². The van der Waals surface area contributed by atoms with Gasteiger partial charge in [-0.3, -0.25) is 9.10 Å². The third-order valence-corrected chi connectivity index (χ3v) is 7.83. The summed E-state index contributed by atoms with van der Waals surface area (Å²) in [5.41, 5.74) is 0.672. The molecule has 1 amide bonds. The smallest absolute Gasteiger partial charge is 0.264 e. The molecule has 0 fully saturated rings. The lowest BCUT2D eigenvalue weighted by Gasteiger charge is -2.36. The van der Waals surface area contributed by atoms with Gasteiger partial charge in [-0.15, -0.1) is 0 Å². The summed E-state index contributed by atoms with van der Waals surface area (Å²) in [6.07, 6.45) is 0. The Labute approximate surface area is 124 Å². The highest BCUT2D eigenvalue weighted by Gasteiger charge is 2.45. The van der Waals surface area contributed by atoms with Crippen LogP contribution in [0.15, 0.2) is 58.3 Å². The number of ether oxygens (including phenoxy) is 1. The summed E-state index contributed by atoms with van der Waals surface area (Å²) in [5.74, 6) is 0.658. The van der Waals surface area contributed by atoms with E-state index in [9.17, 15) is 4.79 Å². The summed E-state index contributed by atoms with van der Waals surface area (Å²) >= 11 is 0. The minimum absolute atomic E-state index is 0.0449. The molecule has 3 rings (SSSR count). The van der Waals surface area contributed by atoms with Gasteiger partial charge in [-0.25, -0.2) is 0 Å². The molecule has 2 aromatic carbocycles. The fraction of sp³-hybridized carbons (Fsp3) is 0.133. The first-order chi connectivity index (χ1) is 9.60.